The normalized spacial score (nSPS) is 17.6. The number of nitrogens with zero attached hydrogens (tertiary/aromatic N) is 3. The smallest absolute Gasteiger partial charge is 0.234 e. The highest BCUT2D eigenvalue weighted by Crippen LogP contribution is 2.54. The van der Waals surface area contributed by atoms with Crippen LogP contribution in [0.25, 0.3) is 0 Å². The number of aryl methyl sites for hydroxylation is 1. The van der Waals surface area contributed by atoms with E-state index in [-0.39, 0.29) is 11.7 Å². The first-order valence-electron chi connectivity index (χ1n) is 9.94. The van der Waals surface area contributed by atoms with E-state index in [1.165, 1.54) is 29.0 Å². The van der Waals surface area contributed by atoms with E-state index in [4.69, 9.17) is 34.8 Å². The Morgan fingerprint density at radius 3 is 2.52 bits per heavy atom. The predicted octanol–water partition coefficient (Wildman–Crippen LogP) is 6.57. The van der Waals surface area contributed by atoms with Crippen molar-refractivity contribution in [2.75, 3.05) is 11.1 Å². The van der Waals surface area contributed by atoms with E-state index >= 15 is 0 Å². The van der Waals surface area contributed by atoms with Gasteiger partial charge < -0.3 is 9.88 Å². The SMILES string of the molecule is CCn1c(SCC(=O)Nc2cc(Cl)c(Cl)cc2Cl)nnc1[C@H]1C[C@@H]1c1ccc(C)cc1. The molecule has 0 spiro atoms. The molecule has 0 saturated heterocycles. The van der Waals surface area contributed by atoms with Crippen LogP contribution >= 0.6 is 46.6 Å². The van der Waals surface area contributed by atoms with Gasteiger partial charge in [0.1, 0.15) is 5.82 Å². The molecule has 4 rings (SSSR count). The summed E-state index contributed by atoms with van der Waals surface area (Å²) < 4.78 is 2.10. The van der Waals surface area contributed by atoms with Crippen LogP contribution in [-0.2, 0) is 11.3 Å². The largest absolute Gasteiger partial charge is 0.324 e. The first-order valence-corrected chi connectivity index (χ1v) is 12.1. The predicted molar refractivity (Wildman–Crippen MR) is 128 cm³/mol. The Morgan fingerprint density at radius 2 is 1.81 bits per heavy atom. The van der Waals surface area contributed by atoms with Crippen LogP contribution in [0.2, 0.25) is 15.1 Å². The summed E-state index contributed by atoms with van der Waals surface area (Å²) in [4.78, 5) is 12.4. The minimum Gasteiger partial charge on any atom is -0.324 e. The summed E-state index contributed by atoms with van der Waals surface area (Å²) >= 11 is 19.4. The van der Waals surface area contributed by atoms with E-state index in [9.17, 15) is 4.79 Å². The van der Waals surface area contributed by atoms with E-state index in [0.717, 1.165) is 23.9 Å². The molecule has 1 aliphatic carbocycles. The monoisotopic (exact) mass is 494 g/mol. The fraction of sp³-hybridized carbons (Fsp3) is 0.318. The van der Waals surface area contributed by atoms with Gasteiger partial charge in [-0.2, -0.15) is 0 Å². The lowest BCUT2D eigenvalue weighted by atomic mass is 10.1. The molecule has 1 aromatic heterocycles. The van der Waals surface area contributed by atoms with Crippen LogP contribution in [0.1, 0.15) is 42.1 Å². The van der Waals surface area contributed by atoms with Gasteiger partial charge in [0.2, 0.25) is 5.91 Å². The number of anilines is 1. The average molecular weight is 496 g/mol. The first-order chi connectivity index (χ1) is 14.9. The molecule has 9 heteroatoms. The summed E-state index contributed by atoms with van der Waals surface area (Å²) in [5, 5.41) is 13.3. The first kappa shape index (κ1) is 22.5. The number of amides is 1. The van der Waals surface area contributed by atoms with Crippen molar-refractivity contribution in [3.63, 3.8) is 0 Å². The molecule has 1 fully saturated rings. The molecule has 0 aliphatic heterocycles. The van der Waals surface area contributed by atoms with Gasteiger partial charge in [0.15, 0.2) is 5.16 Å². The summed E-state index contributed by atoms with van der Waals surface area (Å²) in [5.41, 5.74) is 3.03. The maximum Gasteiger partial charge on any atom is 0.234 e. The number of thioether (sulfide) groups is 1. The lowest BCUT2D eigenvalue weighted by Gasteiger charge is -2.09. The van der Waals surface area contributed by atoms with Crippen molar-refractivity contribution in [3.8, 4) is 0 Å². The van der Waals surface area contributed by atoms with E-state index in [1.54, 1.807) is 6.07 Å². The Morgan fingerprint density at radius 1 is 1.10 bits per heavy atom. The Balaban J connectivity index is 1.40. The minimum atomic E-state index is -0.207. The maximum absolute atomic E-state index is 12.4. The number of halogens is 3. The average Bonchev–Trinajstić information content (AvgIpc) is 3.42. The van der Waals surface area contributed by atoms with E-state index in [2.05, 4.69) is 58.2 Å². The molecule has 0 bridgehead atoms. The zero-order valence-electron chi connectivity index (χ0n) is 17.0. The molecule has 0 unspecified atom stereocenters. The number of benzene rings is 2. The third-order valence-electron chi connectivity index (χ3n) is 5.31. The van der Waals surface area contributed by atoms with Crippen LogP contribution in [-0.4, -0.2) is 26.4 Å². The van der Waals surface area contributed by atoms with Crippen molar-refractivity contribution in [1.82, 2.24) is 14.8 Å². The Kier molecular flexibility index (Phi) is 6.82. The summed E-state index contributed by atoms with van der Waals surface area (Å²) in [6.45, 7) is 4.91. The van der Waals surface area contributed by atoms with Gasteiger partial charge >= 0.3 is 0 Å². The molecule has 0 radical (unpaired) electrons. The highest BCUT2D eigenvalue weighted by atomic mass is 35.5. The highest BCUT2D eigenvalue weighted by molar-refractivity contribution is 7.99. The summed E-state index contributed by atoms with van der Waals surface area (Å²) in [5.74, 6) is 1.81. The quantitative estimate of drug-likeness (QED) is 0.297. The van der Waals surface area contributed by atoms with Crippen LogP contribution in [0.5, 0.6) is 0 Å². The van der Waals surface area contributed by atoms with Crippen molar-refractivity contribution in [2.45, 2.75) is 43.8 Å². The number of hydrogen-bond acceptors (Lipinski definition) is 4. The minimum absolute atomic E-state index is 0.181. The molecular formula is C22H21Cl3N4OS. The Bertz CT molecular complexity index is 1120. The van der Waals surface area contributed by atoms with Gasteiger partial charge in [-0.15, -0.1) is 10.2 Å². The topological polar surface area (TPSA) is 59.8 Å². The van der Waals surface area contributed by atoms with Crippen LogP contribution in [0.3, 0.4) is 0 Å². The van der Waals surface area contributed by atoms with Gasteiger partial charge in [0.25, 0.3) is 0 Å². The zero-order chi connectivity index (χ0) is 22.1. The molecule has 2 aromatic carbocycles. The third kappa shape index (κ3) is 5.03. The molecule has 1 amide bonds. The lowest BCUT2D eigenvalue weighted by molar-refractivity contribution is -0.113. The second-order valence-corrected chi connectivity index (χ2v) is 9.69. The molecule has 1 heterocycles. The summed E-state index contributed by atoms with van der Waals surface area (Å²) in [6.07, 6.45) is 1.07. The zero-order valence-corrected chi connectivity index (χ0v) is 20.1. The van der Waals surface area contributed by atoms with Gasteiger partial charge in [-0.1, -0.05) is 76.4 Å². The number of aromatic nitrogens is 3. The van der Waals surface area contributed by atoms with Gasteiger partial charge in [-0.05, 0) is 43.9 Å². The Labute approximate surface area is 200 Å². The van der Waals surface area contributed by atoms with Crippen molar-refractivity contribution in [3.05, 3.63) is 68.4 Å². The second kappa shape index (κ2) is 9.41. The highest BCUT2D eigenvalue weighted by Gasteiger charge is 2.43. The molecule has 1 N–H and O–H groups in total. The summed E-state index contributed by atoms with van der Waals surface area (Å²) in [7, 11) is 0. The molecule has 31 heavy (non-hydrogen) atoms. The lowest BCUT2D eigenvalue weighted by Crippen LogP contribution is -2.15. The van der Waals surface area contributed by atoms with Crippen LogP contribution < -0.4 is 5.32 Å². The van der Waals surface area contributed by atoms with Crippen molar-refractivity contribution >= 4 is 58.2 Å². The number of rotatable bonds is 7. The standard InChI is InChI=1S/C22H21Cl3N4OS/c1-3-29-21(15-8-14(15)13-6-4-12(2)5-7-13)27-28-22(29)31-11-20(30)26-19-10-17(24)16(23)9-18(19)25/h4-7,9-10,14-15H,3,8,11H2,1-2H3,(H,26,30)/t14-,15+/m1/s1. The van der Waals surface area contributed by atoms with Gasteiger partial charge in [0, 0.05) is 12.5 Å². The van der Waals surface area contributed by atoms with Gasteiger partial charge in [-0.25, -0.2) is 0 Å². The second-order valence-electron chi connectivity index (χ2n) is 7.53. The van der Waals surface area contributed by atoms with Gasteiger partial charge in [0.05, 0.1) is 26.5 Å². The summed E-state index contributed by atoms with van der Waals surface area (Å²) in [6, 6.07) is 11.7. The number of nitrogens with one attached hydrogen (secondary N) is 1. The molecule has 2 atom stereocenters. The van der Waals surface area contributed by atoms with Crippen LogP contribution in [0, 0.1) is 6.92 Å². The van der Waals surface area contributed by atoms with Crippen molar-refractivity contribution < 1.29 is 4.79 Å². The van der Waals surface area contributed by atoms with E-state index in [0.29, 0.717) is 32.6 Å². The third-order valence-corrected chi connectivity index (χ3v) is 7.31. The van der Waals surface area contributed by atoms with Crippen molar-refractivity contribution in [2.24, 2.45) is 0 Å². The number of hydrogen-bond donors (Lipinski definition) is 1. The maximum atomic E-state index is 12.4. The number of carbonyl (C=O) groups excluding carboxylic acids is 1. The van der Waals surface area contributed by atoms with Crippen molar-refractivity contribution in [1.29, 1.82) is 0 Å². The van der Waals surface area contributed by atoms with E-state index < -0.39 is 0 Å². The number of carbonyl (C=O) groups is 1. The van der Waals surface area contributed by atoms with Crippen LogP contribution in [0.4, 0.5) is 5.69 Å². The molecule has 5 nitrogen and oxygen atoms in total. The van der Waals surface area contributed by atoms with Gasteiger partial charge in [-0.3, -0.25) is 4.79 Å². The molecule has 162 valence electrons. The Hall–Kier alpha value is -1.73. The fourth-order valence-electron chi connectivity index (χ4n) is 3.58. The van der Waals surface area contributed by atoms with E-state index in [1.807, 2.05) is 0 Å². The molecule has 1 aliphatic rings. The molecule has 1 saturated carbocycles. The molecule has 3 aromatic rings. The molecular weight excluding hydrogens is 475 g/mol. The van der Waals surface area contributed by atoms with Crippen LogP contribution in [0.15, 0.2) is 41.6 Å². The fourth-order valence-corrected chi connectivity index (χ4v) is 4.98.